The number of hydrogen-bond donors (Lipinski definition) is 1. The van der Waals surface area contributed by atoms with Gasteiger partial charge in [-0.05, 0) is 34.8 Å². The molecule has 0 aliphatic heterocycles. The molecule has 2 aromatic rings. The predicted molar refractivity (Wildman–Crippen MR) is 85.1 cm³/mol. The molecule has 0 saturated carbocycles. The number of aromatic nitrogens is 2. The van der Waals surface area contributed by atoms with Crippen LogP contribution in [0.4, 0.5) is 0 Å². The van der Waals surface area contributed by atoms with Gasteiger partial charge in [0.1, 0.15) is 0 Å². The highest BCUT2D eigenvalue weighted by molar-refractivity contribution is 9.10. The van der Waals surface area contributed by atoms with Gasteiger partial charge < -0.3 is 9.84 Å². The van der Waals surface area contributed by atoms with Gasteiger partial charge in [0.15, 0.2) is 5.82 Å². The van der Waals surface area contributed by atoms with E-state index in [-0.39, 0.29) is 5.91 Å². The van der Waals surface area contributed by atoms with Gasteiger partial charge >= 0.3 is 0 Å². The second kappa shape index (κ2) is 8.29. The van der Waals surface area contributed by atoms with E-state index in [1.165, 1.54) is 0 Å². The molecule has 0 fully saturated rings. The number of halogens is 1. The fourth-order valence-corrected chi connectivity index (χ4v) is 3.23. The number of thiophene rings is 1. The van der Waals surface area contributed by atoms with Gasteiger partial charge in [-0.3, -0.25) is 4.79 Å². The Kier molecular flexibility index (Phi) is 6.38. The van der Waals surface area contributed by atoms with Crippen molar-refractivity contribution < 1.29 is 9.32 Å². The average molecular weight is 372 g/mol. The largest absolute Gasteiger partial charge is 0.351 e. The quantitative estimate of drug-likeness (QED) is 0.770. The first kappa shape index (κ1) is 16.2. The van der Waals surface area contributed by atoms with Crippen LogP contribution in [0.15, 0.2) is 20.4 Å². The molecule has 0 atom stereocenters. The van der Waals surface area contributed by atoms with E-state index in [1.807, 2.05) is 11.4 Å². The summed E-state index contributed by atoms with van der Waals surface area (Å²) in [5.74, 6) is 1.42. The van der Waals surface area contributed by atoms with Gasteiger partial charge in [0.25, 0.3) is 0 Å². The number of nitrogens with one attached hydrogen (secondary N) is 1. The molecule has 0 bridgehead atoms. The molecule has 0 unspecified atom stereocenters. The van der Waals surface area contributed by atoms with Crippen molar-refractivity contribution >= 4 is 33.2 Å². The van der Waals surface area contributed by atoms with Crippen LogP contribution in [-0.2, 0) is 24.2 Å². The molecular formula is C14H18BrN3O2S. The lowest BCUT2D eigenvalue weighted by molar-refractivity contribution is -0.121. The van der Waals surface area contributed by atoms with E-state index >= 15 is 0 Å². The zero-order valence-corrected chi connectivity index (χ0v) is 14.3. The number of rotatable bonds is 8. The summed E-state index contributed by atoms with van der Waals surface area (Å²) in [6, 6.07) is 2.01. The van der Waals surface area contributed by atoms with Crippen LogP contribution in [0.1, 0.15) is 42.8 Å². The van der Waals surface area contributed by atoms with E-state index in [9.17, 15) is 4.79 Å². The van der Waals surface area contributed by atoms with Gasteiger partial charge in [0, 0.05) is 34.0 Å². The van der Waals surface area contributed by atoms with Crippen LogP contribution in [0.3, 0.4) is 0 Å². The van der Waals surface area contributed by atoms with Gasteiger partial charge in [-0.15, -0.1) is 11.3 Å². The Balaban J connectivity index is 1.64. The topological polar surface area (TPSA) is 68.0 Å². The standard InChI is InChI=1S/C14H18BrN3O2S/c1-2-4-12-17-14(20-18-12)6-3-5-13(19)16-8-11-7-10(15)9-21-11/h7,9H,2-6,8H2,1H3,(H,16,19). The van der Waals surface area contributed by atoms with E-state index in [0.29, 0.717) is 31.7 Å². The first-order valence-electron chi connectivity index (χ1n) is 6.98. The first-order chi connectivity index (χ1) is 10.2. The van der Waals surface area contributed by atoms with Crippen molar-refractivity contribution in [3.05, 3.63) is 32.5 Å². The third kappa shape index (κ3) is 5.59. The van der Waals surface area contributed by atoms with Crippen molar-refractivity contribution in [2.24, 2.45) is 0 Å². The lowest BCUT2D eigenvalue weighted by Crippen LogP contribution is -2.21. The molecule has 2 heterocycles. The number of hydrogen-bond acceptors (Lipinski definition) is 5. The highest BCUT2D eigenvalue weighted by Crippen LogP contribution is 2.19. The van der Waals surface area contributed by atoms with Crippen molar-refractivity contribution in [1.29, 1.82) is 0 Å². The van der Waals surface area contributed by atoms with Crippen LogP contribution in [0, 0.1) is 0 Å². The average Bonchev–Trinajstić information content (AvgIpc) is 3.06. The number of aryl methyl sites for hydroxylation is 2. The molecular weight excluding hydrogens is 354 g/mol. The number of amides is 1. The molecule has 114 valence electrons. The van der Waals surface area contributed by atoms with Gasteiger partial charge in [0.05, 0.1) is 6.54 Å². The van der Waals surface area contributed by atoms with E-state index < -0.39 is 0 Å². The second-order valence-electron chi connectivity index (χ2n) is 4.72. The Bertz CT molecular complexity index is 582. The van der Waals surface area contributed by atoms with Crippen LogP contribution in [0.25, 0.3) is 0 Å². The molecule has 0 aliphatic carbocycles. The fourth-order valence-electron chi connectivity index (χ4n) is 1.84. The maximum atomic E-state index is 11.7. The Morgan fingerprint density at radius 2 is 2.33 bits per heavy atom. The molecule has 21 heavy (non-hydrogen) atoms. The van der Waals surface area contributed by atoms with Crippen LogP contribution in [0.5, 0.6) is 0 Å². The summed E-state index contributed by atoms with van der Waals surface area (Å²) in [6.45, 7) is 2.66. The van der Waals surface area contributed by atoms with Crippen LogP contribution in [-0.4, -0.2) is 16.0 Å². The lowest BCUT2D eigenvalue weighted by atomic mass is 10.2. The molecule has 0 radical (unpaired) electrons. The summed E-state index contributed by atoms with van der Waals surface area (Å²) in [6.07, 6.45) is 3.67. The maximum absolute atomic E-state index is 11.7. The monoisotopic (exact) mass is 371 g/mol. The van der Waals surface area contributed by atoms with Crippen molar-refractivity contribution in [3.63, 3.8) is 0 Å². The summed E-state index contributed by atoms with van der Waals surface area (Å²) in [5.41, 5.74) is 0. The highest BCUT2D eigenvalue weighted by Gasteiger charge is 2.07. The number of nitrogens with zero attached hydrogens (tertiary/aromatic N) is 2. The molecule has 0 aliphatic rings. The molecule has 0 saturated heterocycles. The van der Waals surface area contributed by atoms with Crippen molar-refractivity contribution in [1.82, 2.24) is 15.5 Å². The number of carbonyl (C=O) groups is 1. The summed E-state index contributed by atoms with van der Waals surface area (Å²) >= 11 is 5.02. The van der Waals surface area contributed by atoms with Crippen molar-refractivity contribution in [2.45, 2.75) is 45.6 Å². The highest BCUT2D eigenvalue weighted by atomic mass is 79.9. The molecule has 7 heteroatoms. The second-order valence-corrected chi connectivity index (χ2v) is 6.63. The summed E-state index contributed by atoms with van der Waals surface area (Å²) < 4.78 is 6.19. The molecule has 1 N–H and O–H groups in total. The summed E-state index contributed by atoms with van der Waals surface area (Å²) in [4.78, 5) is 17.2. The molecule has 2 aromatic heterocycles. The van der Waals surface area contributed by atoms with Crippen molar-refractivity contribution in [3.8, 4) is 0 Å². The summed E-state index contributed by atoms with van der Waals surface area (Å²) in [5, 5.41) is 8.81. The predicted octanol–water partition coefficient (Wildman–Crippen LogP) is 3.49. The van der Waals surface area contributed by atoms with Crippen molar-refractivity contribution in [2.75, 3.05) is 0 Å². The molecule has 0 aromatic carbocycles. The van der Waals surface area contributed by atoms with Crippen LogP contribution in [0.2, 0.25) is 0 Å². The van der Waals surface area contributed by atoms with E-state index in [0.717, 1.165) is 28.0 Å². The smallest absolute Gasteiger partial charge is 0.226 e. The first-order valence-corrected chi connectivity index (χ1v) is 8.65. The minimum absolute atomic E-state index is 0.0489. The minimum atomic E-state index is 0.0489. The third-order valence-corrected chi connectivity index (χ3v) is 4.56. The van der Waals surface area contributed by atoms with Gasteiger partial charge in [-0.25, -0.2) is 0 Å². The molecule has 0 spiro atoms. The minimum Gasteiger partial charge on any atom is -0.351 e. The van der Waals surface area contributed by atoms with Crippen LogP contribution < -0.4 is 5.32 Å². The van der Waals surface area contributed by atoms with Gasteiger partial charge in [-0.1, -0.05) is 12.1 Å². The summed E-state index contributed by atoms with van der Waals surface area (Å²) in [7, 11) is 0. The SMILES string of the molecule is CCCc1noc(CCCC(=O)NCc2cc(Br)cs2)n1. The maximum Gasteiger partial charge on any atom is 0.226 e. The normalized spacial score (nSPS) is 10.8. The zero-order valence-electron chi connectivity index (χ0n) is 11.9. The van der Waals surface area contributed by atoms with E-state index in [1.54, 1.807) is 11.3 Å². The molecule has 5 nitrogen and oxygen atoms in total. The Hall–Kier alpha value is -1.21. The Morgan fingerprint density at radius 1 is 1.48 bits per heavy atom. The van der Waals surface area contributed by atoms with Crippen LogP contribution >= 0.6 is 27.3 Å². The van der Waals surface area contributed by atoms with E-state index in [2.05, 4.69) is 38.3 Å². The fraction of sp³-hybridized carbons (Fsp3) is 0.500. The molecule has 2 rings (SSSR count). The van der Waals surface area contributed by atoms with Gasteiger partial charge in [0.2, 0.25) is 11.8 Å². The molecule has 1 amide bonds. The Morgan fingerprint density at radius 3 is 3.05 bits per heavy atom. The van der Waals surface area contributed by atoms with E-state index in [4.69, 9.17) is 4.52 Å². The lowest BCUT2D eigenvalue weighted by Gasteiger charge is -2.02. The zero-order chi connectivity index (χ0) is 15.1. The third-order valence-electron chi connectivity index (χ3n) is 2.86. The van der Waals surface area contributed by atoms with Gasteiger partial charge in [-0.2, -0.15) is 4.98 Å². The Labute approximate surface area is 136 Å². The number of carbonyl (C=O) groups excluding carboxylic acids is 1.